The summed E-state index contributed by atoms with van der Waals surface area (Å²) in [4.78, 5) is 4.66. The number of hydrogen-bond acceptors (Lipinski definition) is 2. The molecule has 19 heavy (non-hydrogen) atoms. The van der Waals surface area contributed by atoms with Crippen LogP contribution in [0.25, 0.3) is 11.0 Å². The van der Waals surface area contributed by atoms with Gasteiger partial charge in [-0.2, -0.15) is 5.26 Å². The van der Waals surface area contributed by atoms with Crippen LogP contribution in [0.5, 0.6) is 0 Å². The molecule has 98 valence electrons. The van der Waals surface area contributed by atoms with E-state index in [4.69, 9.17) is 11.6 Å². The van der Waals surface area contributed by atoms with E-state index < -0.39 is 0 Å². The number of nitriles is 1. The normalized spacial score (nSPS) is 16.5. The Morgan fingerprint density at radius 3 is 2.95 bits per heavy atom. The average Bonchev–Trinajstić information content (AvgIpc) is 3.19. The first-order valence-corrected chi connectivity index (χ1v) is 7.25. The van der Waals surface area contributed by atoms with Crippen molar-refractivity contribution in [2.75, 3.05) is 5.88 Å². The molecule has 0 amide bonds. The van der Waals surface area contributed by atoms with E-state index in [2.05, 4.69) is 28.6 Å². The number of alkyl halides is 1. The van der Waals surface area contributed by atoms with Gasteiger partial charge in [-0.3, -0.25) is 0 Å². The number of fused-ring (bicyclic) bond motifs is 1. The fraction of sp³-hybridized carbons (Fsp3) is 0.467. The van der Waals surface area contributed by atoms with Gasteiger partial charge in [0.1, 0.15) is 17.4 Å². The molecule has 0 aliphatic heterocycles. The lowest BCUT2D eigenvalue weighted by molar-refractivity contribution is 0.482. The second kappa shape index (κ2) is 4.86. The molecule has 2 aromatic rings. The standard InChI is InChI=1S/C15H16ClN3/c1-10(11-5-6-11)19-13-4-2-3-12(9-17)15(13)18-14(19)7-8-16/h2-4,10-11H,5-8H2,1H3. The van der Waals surface area contributed by atoms with E-state index in [0.717, 1.165) is 29.2 Å². The summed E-state index contributed by atoms with van der Waals surface area (Å²) in [6, 6.07) is 8.48. The monoisotopic (exact) mass is 273 g/mol. The van der Waals surface area contributed by atoms with Gasteiger partial charge >= 0.3 is 0 Å². The van der Waals surface area contributed by atoms with Crippen LogP contribution in [0.15, 0.2) is 18.2 Å². The van der Waals surface area contributed by atoms with Crippen LogP contribution in [0, 0.1) is 17.2 Å². The molecule has 1 aliphatic rings. The lowest BCUT2D eigenvalue weighted by Crippen LogP contribution is -2.11. The van der Waals surface area contributed by atoms with Crippen molar-refractivity contribution in [3.63, 3.8) is 0 Å². The van der Waals surface area contributed by atoms with Crippen LogP contribution in [0.4, 0.5) is 0 Å². The zero-order chi connectivity index (χ0) is 13.4. The highest BCUT2D eigenvalue weighted by Gasteiger charge is 2.31. The van der Waals surface area contributed by atoms with Gasteiger partial charge < -0.3 is 4.57 Å². The molecular formula is C15H16ClN3. The van der Waals surface area contributed by atoms with Crippen molar-refractivity contribution in [2.24, 2.45) is 5.92 Å². The van der Waals surface area contributed by atoms with Crippen LogP contribution < -0.4 is 0 Å². The van der Waals surface area contributed by atoms with Gasteiger partial charge in [-0.1, -0.05) is 6.07 Å². The maximum atomic E-state index is 9.20. The van der Waals surface area contributed by atoms with Gasteiger partial charge in [0.15, 0.2) is 0 Å². The molecule has 1 fully saturated rings. The van der Waals surface area contributed by atoms with Crippen LogP contribution in [0.3, 0.4) is 0 Å². The Morgan fingerprint density at radius 1 is 1.53 bits per heavy atom. The minimum atomic E-state index is 0.442. The van der Waals surface area contributed by atoms with Crippen LogP contribution in [-0.4, -0.2) is 15.4 Å². The number of para-hydroxylation sites is 1. The van der Waals surface area contributed by atoms with E-state index in [9.17, 15) is 5.26 Å². The largest absolute Gasteiger partial charge is 0.325 e. The molecule has 1 unspecified atom stereocenters. The van der Waals surface area contributed by atoms with Crippen molar-refractivity contribution in [3.05, 3.63) is 29.6 Å². The Hall–Kier alpha value is -1.53. The second-order valence-electron chi connectivity index (χ2n) is 5.20. The fourth-order valence-electron chi connectivity index (χ4n) is 2.76. The van der Waals surface area contributed by atoms with E-state index in [1.807, 2.05) is 12.1 Å². The quantitative estimate of drug-likeness (QED) is 0.798. The summed E-state index contributed by atoms with van der Waals surface area (Å²) < 4.78 is 2.29. The maximum Gasteiger partial charge on any atom is 0.111 e. The number of rotatable bonds is 4. The fourth-order valence-corrected chi connectivity index (χ4v) is 2.93. The summed E-state index contributed by atoms with van der Waals surface area (Å²) in [7, 11) is 0. The SMILES string of the molecule is CC(C1CC1)n1c(CCCl)nc2c(C#N)cccc21. The number of halogens is 1. The summed E-state index contributed by atoms with van der Waals surface area (Å²) in [6.07, 6.45) is 3.33. The van der Waals surface area contributed by atoms with Crippen LogP contribution in [0.1, 0.15) is 37.2 Å². The molecule has 1 heterocycles. The highest BCUT2D eigenvalue weighted by molar-refractivity contribution is 6.17. The van der Waals surface area contributed by atoms with Gasteiger partial charge in [-0.25, -0.2) is 4.98 Å². The van der Waals surface area contributed by atoms with E-state index in [0.29, 0.717) is 17.5 Å². The van der Waals surface area contributed by atoms with Crippen molar-refractivity contribution in [1.82, 2.24) is 9.55 Å². The lowest BCUT2D eigenvalue weighted by atomic mass is 10.1. The van der Waals surface area contributed by atoms with Crippen molar-refractivity contribution < 1.29 is 0 Å². The van der Waals surface area contributed by atoms with Gasteiger partial charge in [0, 0.05) is 18.3 Å². The Kier molecular flexibility index (Phi) is 3.20. The smallest absolute Gasteiger partial charge is 0.111 e. The first-order chi connectivity index (χ1) is 9.26. The van der Waals surface area contributed by atoms with E-state index in [1.54, 1.807) is 0 Å². The van der Waals surface area contributed by atoms with E-state index in [-0.39, 0.29) is 0 Å². The van der Waals surface area contributed by atoms with Crippen molar-refractivity contribution in [3.8, 4) is 6.07 Å². The summed E-state index contributed by atoms with van der Waals surface area (Å²) in [6.45, 7) is 2.25. The highest BCUT2D eigenvalue weighted by atomic mass is 35.5. The van der Waals surface area contributed by atoms with E-state index >= 15 is 0 Å². The minimum absolute atomic E-state index is 0.442. The Morgan fingerprint density at radius 2 is 2.32 bits per heavy atom. The molecule has 3 rings (SSSR count). The summed E-state index contributed by atoms with van der Waals surface area (Å²) >= 11 is 5.89. The summed E-state index contributed by atoms with van der Waals surface area (Å²) in [5.41, 5.74) is 2.53. The summed E-state index contributed by atoms with van der Waals surface area (Å²) in [5.74, 6) is 2.31. The second-order valence-corrected chi connectivity index (χ2v) is 5.58. The van der Waals surface area contributed by atoms with Crippen molar-refractivity contribution >= 4 is 22.6 Å². The number of imidazole rings is 1. The number of aromatic nitrogens is 2. The lowest BCUT2D eigenvalue weighted by Gasteiger charge is -2.16. The third-order valence-corrected chi connectivity index (χ3v) is 4.13. The third-order valence-electron chi connectivity index (χ3n) is 3.94. The van der Waals surface area contributed by atoms with Gasteiger partial charge in [-0.15, -0.1) is 11.6 Å². The molecule has 0 spiro atoms. The number of benzene rings is 1. The van der Waals surface area contributed by atoms with Crippen molar-refractivity contribution in [1.29, 1.82) is 5.26 Å². The van der Waals surface area contributed by atoms with Crippen LogP contribution >= 0.6 is 11.6 Å². The Bertz CT molecular complexity index is 649. The zero-order valence-electron chi connectivity index (χ0n) is 10.9. The average molecular weight is 274 g/mol. The molecule has 0 bridgehead atoms. The molecule has 1 aromatic carbocycles. The number of hydrogen-bond donors (Lipinski definition) is 0. The molecular weight excluding hydrogens is 258 g/mol. The zero-order valence-corrected chi connectivity index (χ0v) is 11.7. The van der Waals surface area contributed by atoms with E-state index in [1.165, 1.54) is 12.8 Å². The molecule has 4 heteroatoms. The topological polar surface area (TPSA) is 41.6 Å². The summed E-state index contributed by atoms with van der Waals surface area (Å²) in [5, 5.41) is 9.20. The first-order valence-electron chi connectivity index (χ1n) is 6.72. The molecule has 1 saturated carbocycles. The van der Waals surface area contributed by atoms with Crippen LogP contribution in [-0.2, 0) is 6.42 Å². The van der Waals surface area contributed by atoms with Gasteiger partial charge in [0.05, 0.1) is 11.1 Å². The predicted octanol–water partition coefficient (Wildman–Crippen LogP) is 3.66. The molecule has 1 aliphatic carbocycles. The minimum Gasteiger partial charge on any atom is -0.325 e. The first kappa shape index (κ1) is 12.5. The molecule has 1 aromatic heterocycles. The molecule has 0 saturated heterocycles. The maximum absolute atomic E-state index is 9.20. The third kappa shape index (κ3) is 2.11. The van der Waals surface area contributed by atoms with Crippen molar-refractivity contribution in [2.45, 2.75) is 32.2 Å². The Labute approximate surface area is 117 Å². The molecule has 1 atom stereocenters. The molecule has 0 radical (unpaired) electrons. The Balaban J connectivity index is 2.21. The molecule has 0 N–H and O–H groups in total. The predicted molar refractivity (Wildman–Crippen MR) is 76.3 cm³/mol. The number of aryl methyl sites for hydroxylation is 1. The van der Waals surface area contributed by atoms with Gasteiger partial charge in [-0.05, 0) is 37.8 Å². The van der Waals surface area contributed by atoms with Gasteiger partial charge in [0.2, 0.25) is 0 Å². The van der Waals surface area contributed by atoms with Crippen LogP contribution in [0.2, 0.25) is 0 Å². The number of nitrogens with zero attached hydrogens (tertiary/aromatic N) is 3. The van der Waals surface area contributed by atoms with Gasteiger partial charge in [0.25, 0.3) is 0 Å². The molecule has 3 nitrogen and oxygen atoms in total. The highest BCUT2D eigenvalue weighted by Crippen LogP contribution is 2.41.